The number of hydrogen-bond donors (Lipinski definition) is 2. The molecular weight excluding hydrogens is 266 g/mol. The van der Waals surface area contributed by atoms with Gasteiger partial charge in [-0.3, -0.25) is 0 Å². The second kappa shape index (κ2) is 6.06. The molecule has 0 spiro atoms. The highest BCUT2D eigenvalue weighted by molar-refractivity contribution is 5.50. The van der Waals surface area contributed by atoms with Gasteiger partial charge in [0.2, 0.25) is 6.79 Å². The van der Waals surface area contributed by atoms with Crippen LogP contribution in [0.3, 0.4) is 0 Å². The third-order valence-electron chi connectivity index (χ3n) is 3.63. The molecule has 0 aromatic heterocycles. The maximum absolute atomic E-state index is 8.92. The van der Waals surface area contributed by atoms with Gasteiger partial charge in [-0.1, -0.05) is 18.2 Å². The first-order valence-corrected chi connectivity index (χ1v) is 7.12. The van der Waals surface area contributed by atoms with Crippen molar-refractivity contribution in [1.29, 1.82) is 0 Å². The van der Waals surface area contributed by atoms with Crippen molar-refractivity contribution in [2.75, 3.05) is 18.7 Å². The minimum atomic E-state index is 0.170. The van der Waals surface area contributed by atoms with Gasteiger partial charge in [-0.25, -0.2) is 0 Å². The predicted octanol–water partition coefficient (Wildman–Crippen LogP) is 3.12. The Morgan fingerprint density at radius 2 is 1.86 bits per heavy atom. The average Bonchev–Trinajstić information content (AvgIpc) is 2.97. The molecule has 0 saturated heterocycles. The Morgan fingerprint density at radius 1 is 1.10 bits per heavy atom. The molecule has 2 aromatic carbocycles. The van der Waals surface area contributed by atoms with E-state index in [1.54, 1.807) is 0 Å². The van der Waals surface area contributed by atoms with Gasteiger partial charge in [0.05, 0.1) is 0 Å². The Bertz CT molecular complexity index is 610. The molecule has 0 radical (unpaired) electrons. The SMILES string of the molecule is CC(Nc1ccc(CCO)cc1)c1ccc2c(c1)OCO2. The maximum atomic E-state index is 8.92. The molecule has 1 aliphatic heterocycles. The Balaban J connectivity index is 1.69. The van der Waals surface area contributed by atoms with Gasteiger partial charge in [0, 0.05) is 18.3 Å². The zero-order valence-electron chi connectivity index (χ0n) is 12.0. The topological polar surface area (TPSA) is 50.7 Å². The third kappa shape index (κ3) is 3.11. The van der Waals surface area contributed by atoms with E-state index >= 15 is 0 Å². The van der Waals surface area contributed by atoms with E-state index in [1.165, 1.54) is 0 Å². The number of nitrogens with one attached hydrogen (secondary N) is 1. The van der Waals surface area contributed by atoms with Crippen LogP contribution in [0.4, 0.5) is 5.69 Å². The standard InChI is InChI=1S/C17H19NO3/c1-12(14-4-7-16-17(10-14)21-11-20-16)18-15-5-2-13(3-6-15)8-9-19/h2-7,10,12,18-19H,8-9,11H2,1H3. The van der Waals surface area contributed by atoms with E-state index in [9.17, 15) is 0 Å². The van der Waals surface area contributed by atoms with Crippen LogP contribution < -0.4 is 14.8 Å². The zero-order valence-corrected chi connectivity index (χ0v) is 12.0. The minimum absolute atomic E-state index is 0.170. The van der Waals surface area contributed by atoms with Gasteiger partial charge in [0.25, 0.3) is 0 Å². The smallest absolute Gasteiger partial charge is 0.231 e. The van der Waals surface area contributed by atoms with Crippen LogP contribution in [0.25, 0.3) is 0 Å². The van der Waals surface area contributed by atoms with Gasteiger partial charge in [0.1, 0.15) is 0 Å². The molecule has 4 heteroatoms. The van der Waals surface area contributed by atoms with Crippen molar-refractivity contribution in [3.63, 3.8) is 0 Å². The highest BCUT2D eigenvalue weighted by atomic mass is 16.7. The highest BCUT2D eigenvalue weighted by Gasteiger charge is 2.15. The van der Waals surface area contributed by atoms with E-state index in [2.05, 4.69) is 12.2 Å². The van der Waals surface area contributed by atoms with E-state index in [-0.39, 0.29) is 12.6 Å². The highest BCUT2D eigenvalue weighted by Crippen LogP contribution is 2.34. The lowest BCUT2D eigenvalue weighted by molar-refractivity contribution is 0.174. The molecule has 0 amide bonds. The number of rotatable bonds is 5. The lowest BCUT2D eigenvalue weighted by Crippen LogP contribution is -2.06. The van der Waals surface area contributed by atoms with Crippen LogP contribution in [0, 0.1) is 0 Å². The van der Waals surface area contributed by atoms with Crippen molar-refractivity contribution in [2.45, 2.75) is 19.4 Å². The molecule has 0 bridgehead atoms. The van der Waals surface area contributed by atoms with Crippen LogP contribution in [0.1, 0.15) is 24.1 Å². The first kappa shape index (κ1) is 13.8. The van der Waals surface area contributed by atoms with Crippen molar-refractivity contribution in [3.8, 4) is 11.5 Å². The quantitative estimate of drug-likeness (QED) is 0.886. The molecule has 1 unspecified atom stereocenters. The van der Waals surface area contributed by atoms with Gasteiger partial charge < -0.3 is 19.9 Å². The molecule has 1 aliphatic rings. The fourth-order valence-electron chi connectivity index (χ4n) is 2.41. The first-order valence-electron chi connectivity index (χ1n) is 7.12. The Hall–Kier alpha value is -2.20. The molecule has 1 atom stereocenters. The number of fused-ring (bicyclic) bond motifs is 1. The summed E-state index contributed by atoms with van der Waals surface area (Å²) in [4.78, 5) is 0. The van der Waals surface area contributed by atoms with Crippen LogP contribution in [0.15, 0.2) is 42.5 Å². The Morgan fingerprint density at radius 3 is 2.62 bits per heavy atom. The first-order chi connectivity index (χ1) is 10.3. The summed E-state index contributed by atoms with van der Waals surface area (Å²) in [6.07, 6.45) is 0.692. The van der Waals surface area contributed by atoms with Crippen LogP contribution in [-0.2, 0) is 6.42 Å². The number of ether oxygens (including phenoxy) is 2. The number of anilines is 1. The van der Waals surface area contributed by atoms with E-state index in [0.717, 1.165) is 28.3 Å². The minimum Gasteiger partial charge on any atom is -0.454 e. The second-order valence-electron chi connectivity index (χ2n) is 5.15. The van der Waals surface area contributed by atoms with Crippen molar-refractivity contribution in [3.05, 3.63) is 53.6 Å². The van der Waals surface area contributed by atoms with E-state index in [0.29, 0.717) is 13.2 Å². The Kier molecular flexibility index (Phi) is 3.97. The molecule has 110 valence electrons. The third-order valence-corrected chi connectivity index (χ3v) is 3.63. The van der Waals surface area contributed by atoms with Gasteiger partial charge >= 0.3 is 0 Å². The van der Waals surface area contributed by atoms with Gasteiger partial charge in [0.15, 0.2) is 11.5 Å². The molecule has 2 N–H and O–H groups in total. The summed E-state index contributed by atoms with van der Waals surface area (Å²) in [6, 6.07) is 14.3. The zero-order chi connectivity index (χ0) is 14.7. The molecule has 2 aromatic rings. The van der Waals surface area contributed by atoms with E-state index < -0.39 is 0 Å². The van der Waals surface area contributed by atoms with Crippen molar-refractivity contribution >= 4 is 5.69 Å². The lowest BCUT2D eigenvalue weighted by Gasteiger charge is -2.16. The summed E-state index contributed by atoms with van der Waals surface area (Å²) in [6.45, 7) is 2.59. The van der Waals surface area contributed by atoms with Crippen LogP contribution in [0.2, 0.25) is 0 Å². The van der Waals surface area contributed by atoms with Gasteiger partial charge in [-0.05, 0) is 48.7 Å². The van der Waals surface area contributed by atoms with Crippen LogP contribution >= 0.6 is 0 Å². The summed E-state index contributed by atoms with van der Waals surface area (Å²) in [5.74, 6) is 1.61. The summed E-state index contributed by atoms with van der Waals surface area (Å²) >= 11 is 0. The second-order valence-corrected chi connectivity index (χ2v) is 5.15. The summed E-state index contributed by atoms with van der Waals surface area (Å²) in [7, 11) is 0. The molecule has 0 aliphatic carbocycles. The summed E-state index contributed by atoms with van der Waals surface area (Å²) < 4.78 is 10.7. The fourth-order valence-corrected chi connectivity index (χ4v) is 2.41. The molecule has 1 heterocycles. The summed E-state index contributed by atoms with van der Waals surface area (Å²) in [5.41, 5.74) is 3.35. The van der Waals surface area contributed by atoms with Crippen molar-refractivity contribution < 1.29 is 14.6 Å². The number of aliphatic hydroxyl groups is 1. The average molecular weight is 285 g/mol. The van der Waals surface area contributed by atoms with E-state index in [1.807, 2.05) is 42.5 Å². The largest absolute Gasteiger partial charge is 0.454 e. The maximum Gasteiger partial charge on any atom is 0.231 e. The van der Waals surface area contributed by atoms with Crippen LogP contribution in [0.5, 0.6) is 11.5 Å². The molecule has 21 heavy (non-hydrogen) atoms. The molecule has 4 nitrogen and oxygen atoms in total. The molecular formula is C17H19NO3. The van der Waals surface area contributed by atoms with Crippen LogP contribution in [-0.4, -0.2) is 18.5 Å². The van der Waals surface area contributed by atoms with Gasteiger partial charge in [-0.2, -0.15) is 0 Å². The number of benzene rings is 2. The fraction of sp³-hybridized carbons (Fsp3) is 0.294. The van der Waals surface area contributed by atoms with Crippen molar-refractivity contribution in [1.82, 2.24) is 0 Å². The summed E-state index contributed by atoms with van der Waals surface area (Å²) in [5, 5.41) is 12.4. The van der Waals surface area contributed by atoms with E-state index in [4.69, 9.17) is 14.6 Å². The predicted molar refractivity (Wildman–Crippen MR) is 81.8 cm³/mol. The Labute approximate surface area is 124 Å². The van der Waals surface area contributed by atoms with Gasteiger partial charge in [-0.15, -0.1) is 0 Å². The van der Waals surface area contributed by atoms with Crippen molar-refractivity contribution in [2.24, 2.45) is 0 Å². The number of hydrogen-bond acceptors (Lipinski definition) is 4. The molecule has 0 saturated carbocycles. The molecule has 0 fully saturated rings. The molecule has 3 rings (SSSR count). The monoisotopic (exact) mass is 285 g/mol. The normalized spacial score (nSPS) is 14.0. The lowest BCUT2D eigenvalue weighted by atomic mass is 10.1. The number of aliphatic hydroxyl groups excluding tert-OH is 1.